The minimum Gasteiger partial charge on any atom is -0.309 e. The molecule has 0 aliphatic carbocycles. The van der Waals surface area contributed by atoms with Crippen molar-refractivity contribution in [2.45, 2.75) is 20.0 Å². The molecular formula is C15H16BrN. The maximum atomic E-state index is 3.52. The van der Waals surface area contributed by atoms with Crippen molar-refractivity contribution in [2.75, 3.05) is 0 Å². The lowest BCUT2D eigenvalue weighted by atomic mass is 10.1. The van der Waals surface area contributed by atoms with Crippen molar-refractivity contribution in [3.8, 4) is 0 Å². The second-order valence-corrected chi connectivity index (χ2v) is 5.14. The zero-order valence-corrected chi connectivity index (χ0v) is 11.5. The molecule has 0 aromatic heterocycles. The summed E-state index contributed by atoms with van der Waals surface area (Å²) in [5.41, 5.74) is 3.92. The maximum absolute atomic E-state index is 3.52. The number of hydrogen-bond acceptors (Lipinski definition) is 1. The molecule has 2 heteroatoms. The molecule has 0 amide bonds. The van der Waals surface area contributed by atoms with E-state index < -0.39 is 0 Å². The average Bonchev–Trinajstić information content (AvgIpc) is 2.29. The molecule has 0 spiro atoms. The zero-order chi connectivity index (χ0) is 12.1. The standard InChI is InChI=1S/C15H16BrN/c1-12-7-14(9-15(16)8-12)11-17-10-13-5-3-2-4-6-13/h2-9,17H,10-11H2,1H3. The molecule has 88 valence electrons. The number of aryl methyl sites for hydroxylation is 1. The smallest absolute Gasteiger partial charge is 0.0209 e. The summed E-state index contributed by atoms with van der Waals surface area (Å²) in [6.45, 7) is 3.92. The molecule has 0 fully saturated rings. The zero-order valence-electron chi connectivity index (χ0n) is 9.91. The van der Waals surface area contributed by atoms with Crippen LogP contribution in [0.4, 0.5) is 0 Å². The van der Waals surface area contributed by atoms with Crippen LogP contribution in [0.5, 0.6) is 0 Å². The van der Waals surface area contributed by atoms with E-state index in [0.29, 0.717) is 0 Å². The van der Waals surface area contributed by atoms with E-state index in [4.69, 9.17) is 0 Å². The number of nitrogens with one attached hydrogen (secondary N) is 1. The molecule has 2 aromatic carbocycles. The second-order valence-electron chi connectivity index (χ2n) is 4.23. The molecule has 2 rings (SSSR count). The Balaban J connectivity index is 1.90. The Hall–Kier alpha value is -1.12. The molecule has 0 unspecified atom stereocenters. The van der Waals surface area contributed by atoms with Gasteiger partial charge in [0.2, 0.25) is 0 Å². The van der Waals surface area contributed by atoms with E-state index in [2.05, 4.69) is 70.6 Å². The Bertz CT molecular complexity index is 459. The first-order valence-corrected chi connectivity index (χ1v) is 6.54. The Kier molecular flexibility index (Phi) is 4.35. The van der Waals surface area contributed by atoms with Gasteiger partial charge in [-0.05, 0) is 35.7 Å². The number of hydrogen-bond donors (Lipinski definition) is 1. The van der Waals surface area contributed by atoms with Crippen LogP contribution in [-0.4, -0.2) is 0 Å². The van der Waals surface area contributed by atoms with Crippen LogP contribution in [-0.2, 0) is 13.1 Å². The van der Waals surface area contributed by atoms with Gasteiger partial charge >= 0.3 is 0 Å². The molecule has 0 bridgehead atoms. The van der Waals surface area contributed by atoms with Gasteiger partial charge in [-0.2, -0.15) is 0 Å². The molecule has 0 atom stereocenters. The van der Waals surface area contributed by atoms with Gasteiger partial charge in [0.1, 0.15) is 0 Å². The summed E-state index contributed by atoms with van der Waals surface area (Å²) in [5, 5.41) is 3.45. The first-order valence-electron chi connectivity index (χ1n) is 5.75. The lowest BCUT2D eigenvalue weighted by Crippen LogP contribution is -2.12. The fourth-order valence-corrected chi connectivity index (χ4v) is 2.52. The molecule has 0 heterocycles. The van der Waals surface area contributed by atoms with Crippen molar-refractivity contribution in [1.82, 2.24) is 5.32 Å². The second kappa shape index (κ2) is 5.99. The van der Waals surface area contributed by atoms with Crippen LogP contribution in [0.3, 0.4) is 0 Å². The van der Waals surface area contributed by atoms with Crippen LogP contribution in [0, 0.1) is 6.92 Å². The predicted molar refractivity (Wildman–Crippen MR) is 75.9 cm³/mol. The minimum atomic E-state index is 0.898. The fourth-order valence-electron chi connectivity index (χ4n) is 1.86. The highest BCUT2D eigenvalue weighted by atomic mass is 79.9. The van der Waals surface area contributed by atoms with Crippen molar-refractivity contribution in [1.29, 1.82) is 0 Å². The third-order valence-electron chi connectivity index (χ3n) is 2.60. The highest BCUT2D eigenvalue weighted by molar-refractivity contribution is 9.10. The van der Waals surface area contributed by atoms with Crippen molar-refractivity contribution in [3.05, 3.63) is 69.7 Å². The predicted octanol–water partition coefficient (Wildman–Crippen LogP) is 4.05. The van der Waals surface area contributed by atoms with E-state index in [9.17, 15) is 0 Å². The molecule has 17 heavy (non-hydrogen) atoms. The van der Waals surface area contributed by atoms with Gasteiger partial charge in [0.25, 0.3) is 0 Å². The van der Waals surface area contributed by atoms with Crippen molar-refractivity contribution in [3.63, 3.8) is 0 Å². The Labute approximate surface area is 111 Å². The summed E-state index contributed by atoms with van der Waals surface area (Å²) in [6, 6.07) is 17.0. The monoisotopic (exact) mass is 289 g/mol. The van der Waals surface area contributed by atoms with Crippen LogP contribution in [0.1, 0.15) is 16.7 Å². The van der Waals surface area contributed by atoms with E-state index >= 15 is 0 Å². The lowest BCUT2D eigenvalue weighted by molar-refractivity contribution is 0.693. The van der Waals surface area contributed by atoms with Gasteiger partial charge in [-0.25, -0.2) is 0 Å². The third kappa shape index (κ3) is 3.99. The molecule has 0 radical (unpaired) electrons. The van der Waals surface area contributed by atoms with Gasteiger partial charge in [0, 0.05) is 17.6 Å². The first-order chi connectivity index (χ1) is 8.24. The van der Waals surface area contributed by atoms with Crippen molar-refractivity contribution >= 4 is 15.9 Å². The van der Waals surface area contributed by atoms with Crippen LogP contribution in [0.2, 0.25) is 0 Å². The maximum Gasteiger partial charge on any atom is 0.0209 e. The topological polar surface area (TPSA) is 12.0 Å². The summed E-state index contributed by atoms with van der Waals surface area (Å²) >= 11 is 3.52. The Morgan fingerprint density at radius 1 is 0.941 bits per heavy atom. The summed E-state index contributed by atoms with van der Waals surface area (Å²) in [4.78, 5) is 0. The molecule has 1 N–H and O–H groups in total. The first kappa shape index (κ1) is 12.3. The van der Waals surface area contributed by atoms with Crippen molar-refractivity contribution in [2.24, 2.45) is 0 Å². The van der Waals surface area contributed by atoms with Gasteiger partial charge in [-0.15, -0.1) is 0 Å². The Morgan fingerprint density at radius 3 is 2.35 bits per heavy atom. The van der Waals surface area contributed by atoms with Gasteiger partial charge in [-0.3, -0.25) is 0 Å². The summed E-state index contributed by atoms with van der Waals surface area (Å²) in [6.07, 6.45) is 0. The lowest BCUT2D eigenvalue weighted by Gasteiger charge is -2.06. The molecule has 0 saturated heterocycles. The van der Waals surface area contributed by atoms with Crippen LogP contribution in [0.15, 0.2) is 53.0 Å². The highest BCUT2D eigenvalue weighted by Crippen LogP contribution is 2.15. The summed E-state index contributed by atoms with van der Waals surface area (Å²) in [7, 11) is 0. The van der Waals surface area contributed by atoms with Crippen molar-refractivity contribution < 1.29 is 0 Å². The highest BCUT2D eigenvalue weighted by Gasteiger charge is 1.97. The van der Waals surface area contributed by atoms with Crippen LogP contribution >= 0.6 is 15.9 Å². The van der Waals surface area contributed by atoms with E-state index in [-0.39, 0.29) is 0 Å². The number of benzene rings is 2. The normalized spacial score (nSPS) is 10.5. The molecule has 2 aromatic rings. The largest absolute Gasteiger partial charge is 0.309 e. The molecule has 0 aliphatic heterocycles. The van der Waals surface area contributed by atoms with Gasteiger partial charge in [0.05, 0.1) is 0 Å². The SMILES string of the molecule is Cc1cc(Br)cc(CNCc2ccccc2)c1. The van der Waals surface area contributed by atoms with Gasteiger partial charge in [-0.1, -0.05) is 52.3 Å². The van der Waals surface area contributed by atoms with E-state index in [1.807, 2.05) is 6.07 Å². The minimum absolute atomic E-state index is 0.898. The summed E-state index contributed by atoms with van der Waals surface area (Å²) in [5.74, 6) is 0. The number of halogens is 1. The molecule has 0 saturated carbocycles. The van der Waals surface area contributed by atoms with Crippen LogP contribution in [0.25, 0.3) is 0 Å². The summed E-state index contributed by atoms with van der Waals surface area (Å²) < 4.78 is 1.15. The van der Waals surface area contributed by atoms with Crippen LogP contribution < -0.4 is 5.32 Å². The fraction of sp³-hybridized carbons (Fsp3) is 0.200. The molecule has 0 aliphatic rings. The molecule has 1 nitrogen and oxygen atoms in total. The van der Waals surface area contributed by atoms with Gasteiger partial charge in [0.15, 0.2) is 0 Å². The quantitative estimate of drug-likeness (QED) is 0.896. The van der Waals surface area contributed by atoms with Gasteiger partial charge < -0.3 is 5.32 Å². The Morgan fingerprint density at radius 2 is 1.65 bits per heavy atom. The van der Waals surface area contributed by atoms with E-state index in [0.717, 1.165) is 17.6 Å². The third-order valence-corrected chi connectivity index (χ3v) is 3.06. The average molecular weight is 290 g/mol. The van der Waals surface area contributed by atoms with E-state index in [1.54, 1.807) is 0 Å². The number of rotatable bonds is 4. The molecular weight excluding hydrogens is 274 g/mol. The van der Waals surface area contributed by atoms with E-state index in [1.165, 1.54) is 16.7 Å².